The van der Waals surface area contributed by atoms with Crippen LogP contribution in [-0.4, -0.2) is 36.1 Å². The Balaban J connectivity index is 4.71. The van der Waals surface area contributed by atoms with Gasteiger partial charge in [0.05, 0.1) is 12.0 Å². The Kier molecular flexibility index (Phi) is 5.41. The second kappa shape index (κ2) is 5.68. The number of hydrogen-bond acceptors (Lipinski definition) is 3. The number of nitrogens with one attached hydrogen (secondary N) is 1. The molecule has 0 aliphatic rings. The topological polar surface area (TPSA) is 58.4 Å². The summed E-state index contributed by atoms with van der Waals surface area (Å²) < 4.78 is 37.1. The first-order chi connectivity index (χ1) is 7.49. The van der Waals surface area contributed by atoms with Crippen molar-refractivity contribution in [1.82, 2.24) is 10.3 Å². The van der Waals surface area contributed by atoms with Gasteiger partial charge in [-0.15, -0.1) is 0 Å². The molecule has 3 N–H and O–H groups in total. The quantitative estimate of drug-likeness (QED) is 0.442. The monoisotopic (exact) mass is 255 g/mol. The van der Waals surface area contributed by atoms with Crippen molar-refractivity contribution in [3.63, 3.8) is 0 Å². The molecule has 0 heterocycles. The lowest BCUT2D eigenvalue weighted by molar-refractivity contribution is -0.155. The van der Waals surface area contributed by atoms with Crippen LogP contribution in [0.2, 0.25) is 0 Å². The van der Waals surface area contributed by atoms with Gasteiger partial charge in [-0.3, -0.25) is 15.1 Å². The van der Waals surface area contributed by atoms with E-state index in [1.54, 1.807) is 27.7 Å². The molecule has 17 heavy (non-hydrogen) atoms. The fraction of sp³-hybridized carbons (Fsp3) is 0.900. The minimum atomic E-state index is -4.28. The number of amides is 1. The Morgan fingerprint density at radius 1 is 1.29 bits per heavy atom. The molecule has 0 fully saturated rings. The molecular formula is C10H20F3N3O. The molecule has 0 radical (unpaired) electrons. The molecule has 102 valence electrons. The molecule has 0 aromatic carbocycles. The fourth-order valence-corrected chi connectivity index (χ4v) is 1.43. The molecule has 7 heteroatoms. The predicted octanol–water partition coefficient (Wildman–Crippen LogP) is 1.28. The van der Waals surface area contributed by atoms with Crippen molar-refractivity contribution in [3.8, 4) is 0 Å². The fourth-order valence-electron chi connectivity index (χ4n) is 1.43. The summed E-state index contributed by atoms with van der Waals surface area (Å²) >= 11 is 0. The number of hydrazine groups is 1. The van der Waals surface area contributed by atoms with Gasteiger partial charge in [-0.2, -0.15) is 13.2 Å². The van der Waals surface area contributed by atoms with E-state index in [1.165, 1.54) is 4.90 Å². The van der Waals surface area contributed by atoms with E-state index >= 15 is 0 Å². The molecule has 0 spiro atoms. The van der Waals surface area contributed by atoms with E-state index in [0.29, 0.717) is 0 Å². The van der Waals surface area contributed by atoms with Crippen molar-refractivity contribution < 1.29 is 18.0 Å². The average Bonchev–Trinajstić information content (AvgIpc) is 2.12. The molecule has 0 saturated heterocycles. The summed E-state index contributed by atoms with van der Waals surface area (Å²) in [5.41, 5.74) is 0.998. The Hall–Kier alpha value is -0.820. The van der Waals surface area contributed by atoms with Crippen LogP contribution >= 0.6 is 0 Å². The van der Waals surface area contributed by atoms with Gasteiger partial charge in [-0.1, -0.05) is 0 Å². The van der Waals surface area contributed by atoms with E-state index in [0.717, 1.165) is 0 Å². The number of carbonyl (C=O) groups excluding carboxylic acids is 1. The number of rotatable bonds is 5. The number of hydrogen-bond donors (Lipinski definition) is 2. The van der Waals surface area contributed by atoms with E-state index in [2.05, 4.69) is 0 Å². The van der Waals surface area contributed by atoms with Crippen LogP contribution in [0.1, 0.15) is 27.7 Å². The smallest absolute Gasteiger partial charge is 0.294 e. The van der Waals surface area contributed by atoms with Gasteiger partial charge in [-0.25, -0.2) is 5.84 Å². The van der Waals surface area contributed by atoms with Crippen molar-refractivity contribution in [3.05, 3.63) is 0 Å². The summed E-state index contributed by atoms with van der Waals surface area (Å²) in [6.45, 7) is 5.38. The lowest BCUT2D eigenvalue weighted by Crippen LogP contribution is -2.50. The molecule has 0 aromatic heterocycles. The van der Waals surface area contributed by atoms with Gasteiger partial charge < -0.3 is 0 Å². The standard InChI is InChI=1S/C10H20F3N3O/c1-7(2)16(6-10(11,12)13)5-9(3,4)8(17)15-14/h7H,5-6,14H2,1-4H3,(H,15,17). The van der Waals surface area contributed by atoms with Crippen molar-refractivity contribution in [2.24, 2.45) is 11.3 Å². The van der Waals surface area contributed by atoms with Crippen molar-refractivity contribution in [2.45, 2.75) is 39.9 Å². The molecule has 0 rings (SSSR count). The maximum Gasteiger partial charge on any atom is 0.401 e. The van der Waals surface area contributed by atoms with Crippen LogP contribution in [0.3, 0.4) is 0 Å². The highest BCUT2D eigenvalue weighted by Gasteiger charge is 2.36. The third-order valence-electron chi connectivity index (χ3n) is 2.46. The molecule has 1 amide bonds. The zero-order chi connectivity index (χ0) is 13.9. The molecule has 0 bridgehead atoms. The normalized spacial score (nSPS) is 13.3. The first-order valence-electron chi connectivity index (χ1n) is 5.31. The van der Waals surface area contributed by atoms with E-state index in [4.69, 9.17) is 5.84 Å². The first kappa shape index (κ1) is 16.2. The van der Waals surface area contributed by atoms with Gasteiger partial charge in [0.2, 0.25) is 5.91 Å². The van der Waals surface area contributed by atoms with Crippen LogP contribution in [0.4, 0.5) is 13.2 Å². The van der Waals surface area contributed by atoms with Crippen LogP contribution in [0.5, 0.6) is 0 Å². The summed E-state index contributed by atoms with van der Waals surface area (Å²) in [4.78, 5) is 12.6. The Bertz CT molecular complexity index is 264. The number of nitrogens with two attached hydrogens (primary N) is 1. The summed E-state index contributed by atoms with van der Waals surface area (Å²) in [6, 6.07) is -0.304. The zero-order valence-corrected chi connectivity index (χ0v) is 10.6. The molecule has 0 saturated carbocycles. The third kappa shape index (κ3) is 5.88. The van der Waals surface area contributed by atoms with Crippen molar-refractivity contribution in [2.75, 3.05) is 13.1 Å². The van der Waals surface area contributed by atoms with Crippen LogP contribution in [0.15, 0.2) is 0 Å². The van der Waals surface area contributed by atoms with Crippen LogP contribution in [0, 0.1) is 5.41 Å². The molecular weight excluding hydrogens is 235 g/mol. The highest BCUT2D eigenvalue weighted by Crippen LogP contribution is 2.23. The van der Waals surface area contributed by atoms with Gasteiger partial charge >= 0.3 is 6.18 Å². The maximum absolute atomic E-state index is 12.4. The Morgan fingerprint density at radius 3 is 2.06 bits per heavy atom. The minimum absolute atomic E-state index is 0.00674. The number of halogens is 3. The van der Waals surface area contributed by atoms with Gasteiger partial charge in [-0.05, 0) is 27.7 Å². The molecule has 0 aromatic rings. The largest absolute Gasteiger partial charge is 0.401 e. The second-order valence-electron chi connectivity index (χ2n) is 4.97. The third-order valence-corrected chi connectivity index (χ3v) is 2.46. The van der Waals surface area contributed by atoms with Crippen LogP contribution in [0.25, 0.3) is 0 Å². The van der Waals surface area contributed by atoms with Gasteiger partial charge in [0, 0.05) is 12.6 Å². The molecule has 0 aliphatic carbocycles. The van der Waals surface area contributed by atoms with E-state index < -0.39 is 24.0 Å². The Morgan fingerprint density at radius 2 is 1.76 bits per heavy atom. The second-order valence-corrected chi connectivity index (χ2v) is 4.97. The summed E-state index contributed by atoms with van der Waals surface area (Å²) in [5, 5.41) is 0. The number of carbonyl (C=O) groups is 1. The summed E-state index contributed by atoms with van der Waals surface area (Å²) in [5.74, 6) is 4.52. The lowest BCUT2D eigenvalue weighted by atomic mass is 9.91. The van der Waals surface area contributed by atoms with Crippen molar-refractivity contribution in [1.29, 1.82) is 0 Å². The number of alkyl halides is 3. The average molecular weight is 255 g/mol. The zero-order valence-electron chi connectivity index (χ0n) is 10.6. The predicted molar refractivity (Wildman–Crippen MR) is 58.9 cm³/mol. The van der Waals surface area contributed by atoms with Crippen molar-refractivity contribution >= 4 is 5.91 Å². The summed E-state index contributed by atoms with van der Waals surface area (Å²) in [7, 11) is 0. The molecule has 0 aliphatic heterocycles. The minimum Gasteiger partial charge on any atom is -0.294 e. The van der Waals surface area contributed by atoms with Crippen LogP contribution < -0.4 is 11.3 Å². The van der Waals surface area contributed by atoms with E-state index in [1.807, 2.05) is 5.43 Å². The highest BCUT2D eigenvalue weighted by atomic mass is 19.4. The molecule has 0 unspecified atom stereocenters. The molecule has 0 atom stereocenters. The number of nitrogens with zero attached hydrogens (tertiary/aromatic N) is 1. The molecule has 4 nitrogen and oxygen atoms in total. The maximum atomic E-state index is 12.4. The van der Waals surface area contributed by atoms with Gasteiger partial charge in [0.1, 0.15) is 0 Å². The first-order valence-corrected chi connectivity index (χ1v) is 5.31. The summed E-state index contributed by atoms with van der Waals surface area (Å²) in [6.07, 6.45) is -4.28. The van der Waals surface area contributed by atoms with E-state index in [9.17, 15) is 18.0 Å². The lowest BCUT2D eigenvalue weighted by Gasteiger charge is -2.34. The van der Waals surface area contributed by atoms with Crippen LogP contribution in [-0.2, 0) is 4.79 Å². The van der Waals surface area contributed by atoms with Gasteiger partial charge in [0.15, 0.2) is 0 Å². The SMILES string of the molecule is CC(C)N(CC(F)(F)F)CC(C)(C)C(=O)NN. The van der Waals surface area contributed by atoms with Gasteiger partial charge in [0.25, 0.3) is 0 Å². The highest BCUT2D eigenvalue weighted by molar-refractivity contribution is 5.81. The van der Waals surface area contributed by atoms with E-state index in [-0.39, 0.29) is 12.6 Å². The Labute approximate surface area is 99.3 Å².